The van der Waals surface area contributed by atoms with E-state index in [1.165, 1.54) is 19.4 Å². The highest BCUT2D eigenvalue weighted by Gasteiger charge is 2.40. The van der Waals surface area contributed by atoms with E-state index in [1.54, 1.807) is 19.1 Å². The fourth-order valence-electron chi connectivity index (χ4n) is 3.87. The lowest BCUT2D eigenvalue weighted by atomic mass is 9.90. The summed E-state index contributed by atoms with van der Waals surface area (Å²) in [6.45, 7) is 3.04. The molecule has 0 amide bonds. The molecule has 1 aliphatic carbocycles. The van der Waals surface area contributed by atoms with Crippen molar-refractivity contribution < 1.29 is 33.2 Å². The number of halogens is 1. The number of hydrogen-bond donors (Lipinski definition) is 2. The lowest BCUT2D eigenvalue weighted by Gasteiger charge is -2.34. The van der Waals surface area contributed by atoms with Crippen molar-refractivity contribution >= 4 is 11.8 Å². The number of ether oxygens (including phenoxy) is 4. The van der Waals surface area contributed by atoms with Gasteiger partial charge in [0, 0.05) is 49.4 Å². The summed E-state index contributed by atoms with van der Waals surface area (Å²) in [5.41, 5.74) is 0.354. The predicted molar refractivity (Wildman–Crippen MR) is 119 cm³/mol. The van der Waals surface area contributed by atoms with Crippen LogP contribution in [-0.4, -0.2) is 54.6 Å². The van der Waals surface area contributed by atoms with Gasteiger partial charge >= 0.3 is 5.97 Å². The van der Waals surface area contributed by atoms with E-state index in [-0.39, 0.29) is 24.0 Å². The molecule has 9 heteroatoms. The number of carbonyl (C=O) groups is 1. The lowest BCUT2D eigenvalue weighted by molar-refractivity contribution is -0.145. The molecular formula is C24H29FN2O6. The molecule has 0 spiro atoms. The number of aromatic nitrogens is 1. The molecule has 33 heavy (non-hydrogen) atoms. The van der Waals surface area contributed by atoms with Crippen molar-refractivity contribution in [1.82, 2.24) is 4.98 Å². The molecule has 1 aromatic carbocycles. The zero-order chi connectivity index (χ0) is 23.4. The van der Waals surface area contributed by atoms with Crippen LogP contribution in [0, 0.1) is 5.82 Å². The summed E-state index contributed by atoms with van der Waals surface area (Å²) in [7, 11) is 1.51. The number of rotatable bonds is 10. The van der Waals surface area contributed by atoms with Gasteiger partial charge in [0.25, 0.3) is 0 Å². The van der Waals surface area contributed by atoms with Gasteiger partial charge in [-0.25, -0.2) is 14.2 Å². The number of hydrogen-bond acceptors (Lipinski definition) is 7. The molecule has 0 radical (unpaired) electrons. The van der Waals surface area contributed by atoms with Gasteiger partial charge in [-0.2, -0.15) is 0 Å². The molecule has 0 unspecified atom stereocenters. The Morgan fingerprint density at radius 1 is 1.27 bits per heavy atom. The quantitative estimate of drug-likeness (QED) is 0.549. The molecule has 4 rings (SSSR count). The third kappa shape index (κ3) is 5.20. The summed E-state index contributed by atoms with van der Waals surface area (Å²) in [5, 5.41) is 13.0. The molecule has 1 aromatic heterocycles. The highest BCUT2D eigenvalue weighted by atomic mass is 19.1. The van der Waals surface area contributed by atoms with Crippen molar-refractivity contribution in [3.8, 4) is 22.6 Å². The predicted octanol–water partition coefficient (Wildman–Crippen LogP) is 4.02. The summed E-state index contributed by atoms with van der Waals surface area (Å²) < 4.78 is 37.4. The minimum atomic E-state index is -1.16. The maximum Gasteiger partial charge on any atom is 0.329 e. The summed E-state index contributed by atoms with van der Waals surface area (Å²) in [5.74, 6) is -0.522. The lowest BCUT2D eigenvalue weighted by Crippen LogP contribution is -2.50. The first kappa shape index (κ1) is 23.3. The number of pyridine rings is 1. The van der Waals surface area contributed by atoms with Crippen LogP contribution in [0.1, 0.15) is 38.2 Å². The highest BCUT2D eigenvalue weighted by Crippen LogP contribution is 2.37. The minimum absolute atomic E-state index is 0.0927. The van der Waals surface area contributed by atoms with Crippen LogP contribution in [0.25, 0.3) is 11.1 Å². The molecule has 1 aliphatic heterocycles. The Balaban J connectivity index is 1.73. The van der Waals surface area contributed by atoms with Crippen LogP contribution in [0.4, 0.5) is 10.2 Å². The summed E-state index contributed by atoms with van der Waals surface area (Å²) in [6.07, 6.45) is 4.36. The maximum absolute atomic E-state index is 15.3. The molecule has 0 bridgehead atoms. The van der Waals surface area contributed by atoms with E-state index in [0.29, 0.717) is 55.4 Å². The van der Waals surface area contributed by atoms with Gasteiger partial charge in [0.05, 0.1) is 26.4 Å². The molecular weight excluding hydrogens is 431 g/mol. The van der Waals surface area contributed by atoms with Crippen LogP contribution in [-0.2, 0) is 20.9 Å². The van der Waals surface area contributed by atoms with Gasteiger partial charge in [-0.1, -0.05) is 0 Å². The fraction of sp³-hybridized carbons (Fsp3) is 0.500. The van der Waals surface area contributed by atoms with Gasteiger partial charge in [0.2, 0.25) is 0 Å². The van der Waals surface area contributed by atoms with E-state index >= 15 is 4.39 Å². The normalized spacial score (nSPS) is 17.4. The molecule has 1 saturated carbocycles. The second kappa shape index (κ2) is 9.93. The monoisotopic (exact) mass is 460 g/mol. The van der Waals surface area contributed by atoms with Gasteiger partial charge in [0.15, 0.2) is 11.6 Å². The van der Waals surface area contributed by atoms with Crippen LogP contribution < -0.4 is 14.8 Å². The largest absolute Gasteiger partial charge is 0.497 e. The number of nitrogens with one attached hydrogen (secondary N) is 1. The van der Waals surface area contributed by atoms with Crippen LogP contribution in [0.3, 0.4) is 0 Å². The van der Waals surface area contributed by atoms with E-state index in [9.17, 15) is 9.90 Å². The van der Waals surface area contributed by atoms with Crippen LogP contribution >= 0.6 is 0 Å². The first-order valence-corrected chi connectivity index (χ1v) is 11.2. The molecule has 8 nitrogen and oxygen atoms in total. The number of aliphatic carboxylic acids is 1. The number of benzene rings is 1. The third-order valence-corrected chi connectivity index (χ3v) is 5.95. The Morgan fingerprint density at radius 2 is 2.03 bits per heavy atom. The second-order valence-electron chi connectivity index (χ2n) is 8.28. The number of carboxylic acid groups (broad SMARTS) is 1. The zero-order valence-corrected chi connectivity index (χ0v) is 18.9. The van der Waals surface area contributed by atoms with Crippen molar-refractivity contribution in [2.45, 2.75) is 50.9 Å². The number of anilines is 1. The van der Waals surface area contributed by atoms with Crippen molar-refractivity contribution in [3.05, 3.63) is 35.8 Å². The van der Waals surface area contributed by atoms with E-state index in [4.69, 9.17) is 18.9 Å². The first-order valence-electron chi connectivity index (χ1n) is 11.2. The molecule has 178 valence electrons. The highest BCUT2D eigenvalue weighted by molar-refractivity contribution is 5.83. The maximum atomic E-state index is 15.3. The van der Waals surface area contributed by atoms with E-state index < -0.39 is 17.3 Å². The average molecular weight is 461 g/mol. The Hall–Kier alpha value is -2.91. The molecule has 2 aromatic rings. The van der Waals surface area contributed by atoms with Gasteiger partial charge in [-0.3, -0.25) is 0 Å². The van der Waals surface area contributed by atoms with Gasteiger partial charge < -0.3 is 29.4 Å². The van der Waals surface area contributed by atoms with Crippen LogP contribution in [0.2, 0.25) is 0 Å². The Morgan fingerprint density at radius 3 is 2.67 bits per heavy atom. The SMILES string of the molecule is CCOc1cc(OC)cc(-c2cnc(NC3(C(=O)O)CCOCC3)cc2COC2CC2)c1F. The fourth-order valence-corrected chi connectivity index (χ4v) is 3.87. The Kier molecular flexibility index (Phi) is 6.99. The second-order valence-corrected chi connectivity index (χ2v) is 8.28. The number of methoxy groups -OCH3 is 1. The van der Waals surface area contributed by atoms with Crippen molar-refractivity contribution in [2.75, 3.05) is 32.2 Å². The zero-order valence-electron chi connectivity index (χ0n) is 18.9. The standard InChI is InChI=1S/C24H29FN2O6/c1-3-32-20-12-17(30-2)11-18(22(20)25)19-13-26-21(10-15(19)14-33-16-4-5-16)27-24(23(28)29)6-8-31-9-7-24/h10-13,16H,3-9,14H2,1-2H3,(H,26,27)(H,28,29). The minimum Gasteiger partial charge on any atom is -0.497 e. The van der Waals surface area contributed by atoms with Gasteiger partial charge in [0.1, 0.15) is 17.1 Å². The van der Waals surface area contributed by atoms with Gasteiger partial charge in [-0.05, 0) is 37.5 Å². The van der Waals surface area contributed by atoms with E-state index in [1.807, 2.05) is 0 Å². The first-order chi connectivity index (χ1) is 16.0. The summed E-state index contributed by atoms with van der Waals surface area (Å²) in [4.78, 5) is 16.5. The van der Waals surface area contributed by atoms with Crippen molar-refractivity contribution in [3.63, 3.8) is 0 Å². The van der Waals surface area contributed by atoms with Crippen LogP contribution in [0.15, 0.2) is 24.4 Å². The van der Waals surface area contributed by atoms with Crippen molar-refractivity contribution in [2.24, 2.45) is 0 Å². The summed E-state index contributed by atoms with van der Waals surface area (Å²) in [6, 6.07) is 4.84. The Bertz CT molecular complexity index is 1000. The Labute approximate surface area is 192 Å². The van der Waals surface area contributed by atoms with Crippen molar-refractivity contribution in [1.29, 1.82) is 0 Å². The topological polar surface area (TPSA) is 99.1 Å². The smallest absolute Gasteiger partial charge is 0.329 e. The molecule has 0 atom stereocenters. The summed E-state index contributed by atoms with van der Waals surface area (Å²) >= 11 is 0. The van der Waals surface area contributed by atoms with Gasteiger partial charge in [-0.15, -0.1) is 0 Å². The third-order valence-electron chi connectivity index (χ3n) is 5.95. The molecule has 2 N–H and O–H groups in total. The van der Waals surface area contributed by atoms with E-state index in [0.717, 1.165) is 12.8 Å². The average Bonchev–Trinajstić information content (AvgIpc) is 3.65. The molecule has 2 fully saturated rings. The van der Waals surface area contributed by atoms with E-state index in [2.05, 4.69) is 10.3 Å². The number of carboxylic acids is 1. The molecule has 2 aliphatic rings. The molecule has 1 saturated heterocycles. The van der Waals surface area contributed by atoms with Crippen LogP contribution in [0.5, 0.6) is 11.5 Å². The molecule has 2 heterocycles. The number of nitrogens with zero attached hydrogens (tertiary/aromatic N) is 1.